The Hall–Kier alpha value is -1.97. The molecular weight excluding hydrogens is 1090 g/mol. The van der Waals surface area contributed by atoms with Crippen molar-refractivity contribution in [3.8, 4) is 5.75 Å². The molecule has 0 saturated heterocycles. The smallest absolute Gasteiger partial charge is 0.491 e. The minimum Gasteiger partial charge on any atom is -0.491 e. The van der Waals surface area contributed by atoms with Gasteiger partial charge in [-0.1, -0.05) is 63.7 Å². The molecule has 0 aliphatic rings. The predicted octanol–water partition coefficient (Wildman–Crippen LogP) is 5.27. The Morgan fingerprint density at radius 3 is 0.901 bits per heavy atom. The Labute approximate surface area is 485 Å². The minimum absolute atomic E-state index is 0.0544. The Bertz CT molecular complexity index is 1490. The molecule has 0 aliphatic heterocycles. The highest BCUT2D eigenvalue weighted by Gasteiger charge is 2.32. The van der Waals surface area contributed by atoms with E-state index in [-0.39, 0.29) is 19.8 Å². The molecule has 1 unspecified atom stereocenters. The van der Waals surface area contributed by atoms with Crippen molar-refractivity contribution in [2.24, 2.45) is 5.90 Å². The molecule has 0 fully saturated rings. The first-order valence-electron chi connectivity index (χ1n) is 29.1. The minimum atomic E-state index is -4.15. The second-order valence-corrected chi connectivity index (χ2v) is 18.7. The maximum atomic E-state index is 10.8. The van der Waals surface area contributed by atoms with Crippen molar-refractivity contribution in [2.45, 2.75) is 65.2 Å². The van der Waals surface area contributed by atoms with Gasteiger partial charge in [0.05, 0.1) is 238 Å². The van der Waals surface area contributed by atoms with Gasteiger partial charge in [0.2, 0.25) is 0 Å². The van der Waals surface area contributed by atoms with Crippen molar-refractivity contribution < 1.29 is 107 Å². The van der Waals surface area contributed by atoms with E-state index < -0.39 is 10.8 Å². The third-order valence-corrected chi connectivity index (χ3v) is 11.6. The molecule has 25 heteroatoms. The first kappa shape index (κ1) is 77.0. The number of aryl methyl sites for hydroxylation is 1. The number of allylic oxidation sites excluding steroid dienone is 1. The zero-order valence-corrected chi connectivity index (χ0v) is 50.1. The highest BCUT2D eigenvalue weighted by atomic mass is 32.3. The SMILES string of the molecule is C/C=C/c1cc(CCCCCCCCC)ccc1OCCOCCOCCOCCOCCOCCOCCOCCOCCOCCOCCOCCOCCOCCOCCOCCOCCOCCOCCO[S+]([O])(=O)ON. The molecule has 24 nitrogen and oxygen atoms in total. The number of benzene rings is 1. The van der Waals surface area contributed by atoms with Gasteiger partial charge in [-0.25, -0.2) is 0 Å². The number of hydrogen-bond donors (Lipinski definition) is 1. The van der Waals surface area contributed by atoms with Crippen molar-refractivity contribution in [1.82, 2.24) is 0 Å². The molecule has 1 aromatic carbocycles. The molecule has 2 N–H and O–H groups in total. The van der Waals surface area contributed by atoms with Crippen LogP contribution >= 0.6 is 0 Å². The molecule has 0 aliphatic carbocycles. The lowest BCUT2D eigenvalue weighted by Gasteiger charge is -2.12. The molecule has 477 valence electrons. The van der Waals surface area contributed by atoms with Crippen molar-refractivity contribution in [1.29, 1.82) is 0 Å². The largest absolute Gasteiger partial charge is 0.564 e. The van der Waals surface area contributed by atoms with Crippen molar-refractivity contribution in [3.05, 3.63) is 35.4 Å². The van der Waals surface area contributed by atoms with Gasteiger partial charge in [0.25, 0.3) is 0 Å². The van der Waals surface area contributed by atoms with Crippen LogP contribution in [-0.4, -0.2) is 251 Å². The average molecular weight is 1190 g/mol. The molecule has 1 aromatic rings. The fourth-order valence-corrected chi connectivity index (χ4v) is 7.08. The third kappa shape index (κ3) is 58.2. The molecule has 1 atom stereocenters. The van der Waals surface area contributed by atoms with Gasteiger partial charge < -0.3 is 90.0 Å². The highest BCUT2D eigenvalue weighted by Crippen LogP contribution is 2.23. The van der Waals surface area contributed by atoms with E-state index in [0.717, 1.165) is 17.7 Å². The van der Waals surface area contributed by atoms with Crippen molar-refractivity contribution in [2.75, 3.05) is 251 Å². The predicted molar refractivity (Wildman–Crippen MR) is 303 cm³/mol. The first-order valence-corrected chi connectivity index (χ1v) is 30.4. The summed E-state index contributed by atoms with van der Waals surface area (Å²) in [6, 6.07) is 6.53. The summed E-state index contributed by atoms with van der Waals surface area (Å²) in [5.74, 6) is 5.43. The van der Waals surface area contributed by atoms with E-state index in [9.17, 15) is 8.76 Å². The molecule has 0 saturated carbocycles. The van der Waals surface area contributed by atoms with Crippen LogP contribution < -0.4 is 10.6 Å². The van der Waals surface area contributed by atoms with Gasteiger partial charge in [-0.2, -0.15) is 5.90 Å². The van der Waals surface area contributed by atoms with Crippen LogP contribution in [0.2, 0.25) is 0 Å². The number of rotatable bonds is 69. The molecular formula is C56H105NO23S+. The molecule has 81 heavy (non-hydrogen) atoms. The lowest BCUT2D eigenvalue weighted by Crippen LogP contribution is -2.22. The van der Waals surface area contributed by atoms with Crippen LogP contribution in [0.15, 0.2) is 24.3 Å². The number of ether oxygens (including phenoxy) is 19. The van der Waals surface area contributed by atoms with Gasteiger partial charge in [0.1, 0.15) is 23.5 Å². The first-order chi connectivity index (χ1) is 40.0. The summed E-state index contributed by atoms with van der Waals surface area (Å²) in [6.45, 7) is 20.9. The summed E-state index contributed by atoms with van der Waals surface area (Å²) < 4.78 is 135. The highest BCUT2D eigenvalue weighted by molar-refractivity contribution is 7.88. The van der Waals surface area contributed by atoms with Crippen molar-refractivity contribution >= 4 is 16.9 Å². The maximum Gasteiger partial charge on any atom is 0.564 e. The van der Waals surface area contributed by atoms with Crippen LogP contribution in [-0.2, 0) is 120 Å². The lowest BCUT2D eigenvalue weighted by molar-refractivity contribution is -0.0311. The zero-order chi connectivity index (χ0) is 58.1. The van der Waals surface area contributed by atoms with E-state index in [1.165, 1.54) is 50.5 Å². The van der Waals surface area contributed by atoms with E-state index in [0.29, 0.717) is 231 Å². The Balaban J connectivity index is 1.67. The molecule has 0 bridgehead atoms. The fourth-order valence-electron chi connectivity index (χ4n) is 6.75. The number of unbranched alkanes of at least 4 members (excludes halogenated alkanes) is 6. The van der Waals surface area contributed by atoms with Crippen molar-refractivity contribution in [3.63, 3.8) is 0 Å². The summed E-state index contributed by atoms with van der Waals surface area (Å²) in [5.41, 5.74) is 2.49. The molecule has 0 heterocycles. The normalized spacial score (nSPS) is 12.6. The van der Waals surface area contributed by atoms with Gasteiger partial charge in [-0.15, -0.1) is 4.18 Å². The Morgan fingerprint density at radius 1 is 0.370 bits per heavy atom. The average Bonchev–Trinajstić information content (AvgIpc) is 3.47. The maximum absolute atomic E-state index is 10.8. The second kappa shape index (κ2) is 64.0. The summed E-state index contributed by atoms with van der Waals surface area (Å²) in [6.07, 6.45) is 14.5. The van der Waals surface area contributed by atoms with E-state index in [1.807, 2.05) is 6.92 Å². The summed E-state index contributed by atoms with van der Waals surface area (Å²) in [7, 11) is -4.15. The molecule has 0 aromatic heterocycles. The van der Waals surface area contributed by atoms with Crippen LogP contribution in [0.3, 0.4) is 0 Å². The lowest BCUT2D eigenvalue weighted by atomic mass is 10.0. The standard InChI is InChI=1S/C56H105NO23S/c1-3-5-6-7-8-9-10-12-54-13-14-56(55(53-54)11-4-2)78-51-49-76-47-45-74-43-41-72-39-37-70-35-33-68-31-29-66-27-25-64-23-21-62-19-17-60-15-16-61-18-20-63-22-24-65-26-28-67-30-32-69-34-36-71-38-40-73-42-44-75-46-48-77-50-52-79-81(58,59)80-57/h4,11,13-14,53H,3,5-10,12,15-52,57H2,1-2H3/q+1/b11-4+. The third-order valence-electron chi connectivity index (χ3n) is 10.9. The second-order valence-electron chi connectivity index (χ2n) is 17.4. The van der Waals surface area contributed by atoms with E-state index in [2.05, 4.69) is 51.6 Å². The molecule has 1 radical (unpaired) electrons. The fraction of sp³-hybridized carbons (Fsp3) is 0.857. The van der Waals surface area contributed by atoms with Gasteiger partial charge in [0.15, 0.2) is 0 Å². The van der Waals surface area contributed by atoms with Crippen LogP contribution in [0.4, 0.5) is 0 Å². The summed E-state index contributed by atoms with van der Waals surface area (Å²) in [4.78, 5) is 0. The Kier molecular flexibility index (Phi) is 60.9. The van der Waals surface area contributed by atoms with E-state index in [1.54, 1.807) is 0 Å². The summed E-state index contributed by atoms with van der Waals surface area (Å²) >= 11 is 0. The quantitative estimate of drug-likeness (QED) is 0.0495. The van der Waals surface area contributed by atoms with Crippen LogP contribution in [0.5, 0.6) is 5.75 Å². The zero-order valence-electron chi connectivity index (χ0n) is 49.3. The van der Waals surface area contributed by atoms with E-state index in [4.69, 9.17) is 90.0 Å². The van der Waals surface area contributed by atoms with Crippen LogP contribution in [0.1, 0.15) is 69.9 Å². The number of nitrogens with two attached hydrogens (primary N) is 1. The summed E-state index contributed by atoms with van der Waals surface area (Å²) in [5, 5.41) is 0. The monoisotopic (exact) mass is 1190 g/mol. The van der Waals surface area contributed by atoms with Crippen LogP contribution in [0, 0.1) is 0 Å². The molecule has 0 spiro atoms. The van der Waals surface area contributed by atoms with Crippen LogP contribution in [0.25, 0.3) is 6.08 Å². The van der Waals surface area contributed by atoms with E-state index >= 15 is 0 Å². The number of hydrogen-bond acceptors (Lipinski definition) is 23. The molecule has 1 rings (SSSR count). The van der Waals surface area contributed by atoms with Gasteiger partial charge in [0, 0.05) is 9.77 Å². The van der Waals surface area contributed by atoms with Gasteiger partial charge in [-0.3, -0.25) is 0 Å². The van der Waals surface area contributed by atoms with Gasteiger partial charge in [-0.05, 0) is 41.7 Å². The molecule has 0 amide bonds. The van der Waals surface area contributed by atoms with Gasteiger partial charge >= 0.3 is 10.8 Å². The topological polar surface area (TPSA) is 257 Å². The Morgan fingerprint density at radius 2 is 0.630 bits per heavy atom.